The largest absolute Gasteiger partial charge is 0.405 e. The van der Waals surface area contributed by atoms with Gasteiger partial charge in [-0.3, -0.25) is 4.40 Å². The molecule has 4 heterocycles. The summed E-state index contributed by atoms with van der Waals surface area (Å²) in [6, 6.07) is 1.24. The summed E-state index contributed by atoms with van der Waals surface area (Å²) in [5.41, 5.74) is 4.17. The van der Waals surface area contributed by atoms with Gasteiger partial charge in [-0.1, -0.05) is 13.3 Å². The molecule has 2 amide bonds. The summed E-state index contributed by atoms with van der Waals surface area (Å²) < 4.78 is 39.4. The minimum Gasteiger partial charge on any atom is -0.345 e. The summed E-state index contributed by atoms with van der Waals surface area (Å²) in [6.07, 6.45) is -0.121. The standard InChI is InChI=1S/C18H21F3N6O/c1-3-11-7-26(17(28)24-9-18(19,20)21)8-12(11)15-10(2)25-14-6-23-16-13(27(14)15)4-5-22-16/h4-6,11-12,22H,3,7-9H2,1-2H3,(H,24,28)/t11-,12+/m1/s1. The second-order valence-electron chi connectivity index (χ2n) is 7.20. The maximum Gasteiger partial charge on any atom is 0.405 e. The van der Waals surface area contributed by atoms with Crippen molar-refractivity contribution in [2.75, 3.05) is 19.6 Å². The molecule has 4 rings (SSSR count). The summed E-state index contributed by atoms with van der Waals surface area (Å²) in [4.78, 5) is 25.8. The number of rotatable bonds is 3. The van der Waals surface area contributed by atoms with Gasteiger partial charge < -0.3 is 15.2 Å². The van der Waals surface area contributed by atoms with Gasteiger partial charge in [-0.05, 0) is 18.9 Å². The molecule has 28 heavy (non-hydrogen) atoms. The van der Waals surface area contributed by atoms with Gasteiger partial charge in [-0.25, -0.2) is 14.8 Å². The smallest absolute Gasteiger partial charge is 0.345 e. The van der Waals surface area contributed by atoms with Crippen molar-refractivity contribution < 1.29 is 18.0 Å². The van der Waals surface area contributed by atoms with Crippen LogP contribution in [0.2, 0.25) is 0 Å². The highest BCUT2D eigenvalue weighted by molar-refractivity contribution is 5.76. The maximum absolute atomic E-state index is 12.4. The fraction of sp³-hybridized carbons (Fsp3) is 0.500. The third-order valence-corrected chi connectivity index (χ3v) is 5.42. The van der Waals surface area contributed by atoms with Crippen LogP contribution in [0.1, 0.15) is 30.7 Å². The Balaban J connectivity index is 1.68. The Labute approximate surface area is 158 Å². The van der Waals surface area contributed by atoms with Crippen LogP contribution in [-0.2, 0) is 0 Å². The number of H-pyrrole nitrogens is 1. The number of likely N-dealkylation sites (tertiary alicyclic amines) is 1. The van der Waals surface area contributed by atoms with E-state index in [4.69, 9.17) is 0 Å². The van der Waals surface area contributed by atoms with Crippen molar-refractivity contribution in [3.8, 4) is 0 Å². The predicted molar refractivity (Wildman–Crippen MR) is 97.1 cm³/mol. The van der Waals surface area contributed by atoms with E-state index >= 15 is 0 Å². The molecule has 10 heteroatoms. The van der Waals surface area contributed by atoms with Gasteiger partial charge in [0.1, 0.15) is 6.54 Å². The van der Waals surface area contributed by atoms with E-state index in [2.05, 4.69) is 15.0 Å². The summed E-state index contributed by atoms with van der Waals surface area (Å²) in [5.74, 6) is 0.120. The van der Waals surface area contributed by atoms with E-state index in [0.717, 1.165) is 34.6 Å². The Morgan fingerprint density at radius 3 is 2.89 bits per heavy atom. The van der Waals surface area contributed by atoms with Crippen LogP contribution in [-0.4, -0.2) is 56.1 Å². The topological polar surface area (TPSA) is 78.3 Å². The normalized spacial score (nSPS) is 20.4. The lowest BCUT2D eigenvalue weighted by molar-refractivity contribution is -0.123. The molecule has 0 saturated carbocycles. The van der Waals surface area contributed by atoms with E-state index in [9.17, 15) is 18.0 Å². The minimum atomic E-state index is -4.43. The molecule has 0 aliphatic carbocycles. The Bertz CT molecular complexity index is 1020. The minimum absolute atomic E-state index is 0.0165. The van der Waals surface area contributed by atoms with E-state index in [1.165, 1.54) is 4.90 Å². The highest BCUT2D eigenvalue weighted by atomic mass is 19.4. The Morgan fingerprint density at radius 2 is 2.18 bits per heavy atom. The van der Waals surface area contributed by atoms with E-state index in [1.54, 1.807) is 12.4 Å². The monoisotopic (exact) mass is 394 g/mol. The summed E-state index contributed by atoms with van der Waals surface area (Å²) in [5, 5.41) is 1.98. The van der Waals surface area contributed by atoms with Crippen LogP contribution in [0, 0.1) is 12.8 Å². The number of imidazole rings is 1. The number of carbonyl (C=O) groups excluding carboxylic acids is 1. The van der Waals surface area contributed by atoms with Crippen LogP contribution in [0.3, 0.4) is 0 Å². The lowest BCUT2D eigenvalue weighted by atomic mass is 9.90. The lowest BCUT2D eigenvalue weighted by Crippen LogP contribution is -2.42. The van der Waals surface area contributed by atoms with Gasteiger partial charge >= 0.3 is 12.2 Å². The summed E-state index contributed by atoms with van der Waals surface area (Å²) in [7, 11) is 0. The van der Waals surface area contributed by atoms with Crippen molar-refractivity contribution in [2.24, 2.45) is 5.92 Å². The number of fused-ring (bicyclic) bond motifs is 3. The number of aromatic nitrogens is 4. The molecule has 7 nitrogen and oxygen atoms in total. The molecule has 0 spiro atoms. The zero-order valence-electron chi connectivity index (χ0n) is 15.5. The highest BCUT2D eigenvalue weighted by Crippen LogP contribution is 2.37. The van der Waals surface area contributed by atoms with Gasteiger partial charge in [0.15, 0.2) is 11.3 Å². The summed E-state index contributed by atoms with van der Waals surface area (Å²) >= 11 is 0. The number of nitrogens with one attached hydrogen (secondary N) is 2. The first-order chi connectivity index (χ1) is 13.3. The number of alkyl halides is 3. The van der Waals surface area contributed by atoms with Crippen LogP contribution in [0.25, 0.3) is 16.8 Å². The molecule has 2 atom stereocenters. The SMILES string of the molecule is CC[C@@H]1CN(C(=O)NCC(F)(F)F)C[C@@H]1c1c(C)nc2cnc3[nH]ccc3n12. The van der Waals surface area contributed by atoms with Crippen LogP contribution in [0.15, 0.2) is 18.5 Å². The van der Waals surface area contributed by atoms with E-state index in [1.807, 2.05) is 29.6 Å². The third kappa shape index (κ3) is 3.16. The van der Waals surface area contributed by atoms with Gasteiger partial charge in [-0.15, -0.1) is 0 Å². The molecule has 0 aromatic carbocycles. The zero-order valence-corrected chi connectivity index (χ0v) is 15.5. The van der Waals surface area contributed by atoms with Gasteiger partial charge in [0.2, 0.25) is 0 Å². The Hall–Kier alpha value is -2.78. The second-order valence-corrected chi connectivity index (χ2v) is 7.20. The van der Waals surface area contributed by atoms with Crippen molar-refractivity contribution in [3.05, 3.63) is 29.8 Å². The van der Waals surface area contributed by atoms with Crippen molar-refractivity contribution in [1.82, 2.24) is 29.6 Å². The number of hydrogen-bond donors (Lipinski definition) is 2. The van der Waals surface area contributed by atoms with Crippen molar-refractivity contribution >= 4 is 22.8 Å². The zero-order chi connectivity index (χ0) is 20.1. The average molecular weight is 394 g/mol. The number of aryl methyl sites for hydroxylation is 1. The molecule has 3 aromatic heterocycles. The third-order valence-electron chi connectivity index (χ3n) is 5.42. The number of aromatic amines is 1. The van der Waals surface area contributed by atoms with Crippen LogP contribution in [0.4, 0.5) is 18.0 Å². The number of urea groups is 1. The molecule has 0 radical (unpaired) electrons. The van der Waals surface area contributed by atoms with Crippen LogP contribution < -0.4 is 5.32 Å². The molecule has 1 aliphatic heterocycles. The number of carbonyl (C=O) groups is 1. The van der Waals surface area contributed by atoms with E-state index in [0.29, 0.717) is 13.1 Å². The number of halogens is 3. The number of hydrogen-bond acceptors (Lipinski definition) is 3. The van der Waals surface area contributed by atoms with E-state index in [-0.39, 0.29) is 11.8 Å². The molecule has 3 aromatic rings. The second kappa shape index (κ2) is 6.68. The first-order valence-corrected chi connectivity index (χ1v) is 9.19. The first-order valence-electron chi connectivity index (χ1n) is 9.19. The lowest BCUT2D eigenvalue weighted by Gasteiger charge is -2.18. The van der Waals surface area contributed by atoms with Crippen LogP contribution in [0.5, 0.6) is 0 Å². The molecule has 2 N–H and O–H groups in total. The molecule has 1 saturated heterocycles. The Kier molecular flexibility index (Phi) is 4.43. The molecular formula is C18H21F3N6O. The summed E-state index contributed by atoms with van der Waals surface area (Å²) in [6.45, 7) is 3.39. The molecular weight excluding hydrogens is 373 g/mol. The fourth-order valence-corrected chi connectivity index (χ4v) is 4.14. The van der Waals surface area contributed by atoms with E-state index < -0.39 is 18.8 Å². The number of amides is 2. The quantitative estimate of drug-likeness (QED) is 0.716. The van der Waals surface area contributed by atoms with Gasteiger partial charge in [0.25, 0.3) is 0 Å². The van der Waals surface area contributed by atoms with Crippen LogP contribution >= 0.6 is 0 Å². The molecule has 0 bridgehead atoms. The van der Waals surface area contributed by atoms with Crippen molar-refractivity contribution in [3.63, 3.8) is 0 Å². The van der Waals surface area contributed by atoms with Crippen molar-refractivity contribution in [1.29, 1.82) is 0 Å². The highest BCUT2D eigenvalue weighted by Gasteiger charge is 2.39. The molecule has 0 unspecified atom stereocenters. The molecule has 1 fully saturated rings. The van der Waals surface area contributed by atoms with Gasteiger partial charge in [0.05, 0.1) is 23.1 Å². The predicted octanol–water partition coefficient (Wildman–Crippen LogP) is 3.22. The maximum atomic E-state index is 12.4. The average Bonchev–Trinajstić information content (AvgIpc) is 3.33. The van der Waals surface area contributed by atoms with Crippen molar-refractivity contribution in [2.45, 2.75) is 32.4 Å². The van der Waals surface area contributed by atoms with Gasteiger partial charge in [-0.2, -0.15) is 13.2 Å². The molecule has 150 valence electrons. The fourth-order valence-electron chi connectivity index (χ4n) is 4.14. The van der Waals surface area contributed by atoms with Gasteiger partial charge in [0, 0.05) is 25.2 Å². The first kappa shape index (κ1) is 18.6. The molecule has 1 aliphatic rings. The number of nitrogens with zero attached hydrogens (tertiary/aromatic N) is 4. The Morgan fingerprint density at radius 1 is 1.39 bits per heavy atom.